The van der Waals surface area contributed by atoms with Crippen LogP contribution in [0.2, 0.25) is 0 Å². The van der Waals surface area contributed by atoms with Crippen molar-refractivity contribution in [1.29, 1.82) is 0 Å². The van der Waals surface area contributed by atoms with Crippen molar-refractivity contribution >= 4 is 5.69 Å². The summed E-state index contributed by atoms with van der Waals surface area (Å²) in [6.45, 7) is 2.34. The van der Waals surface area contributed by atoms with Gasteiger partial charge in [-0.3, -0.25) is 0 Å². The van der Waals surface area contributed by atoms with Crippen LogP contribution in [-0.4, -0.2) is 32.8 Å². The molecule has 100 valence electrons. The molecule has 1 heterocycles. The average molecular weight is 252 g/mol. The summed E-state index contributed by atoms with van der Waals surface area (Å²) in [5.41, 5.74) is 7.44. The number of piperidine rings is 1. The van der Waals surface area contributed by atoms with E-state index in [1.54, 1.807) is 19.2 Å². The molecule has 0 aliphatic carbocycles. The zero-order valence-corrected chi connectivity index (χ0v) is 10.9. The van der Waals surface area contributed by atoms with Crippen LogP contribution in [0.4, 0.5) is 10.1 Å². The second-order valence-corrected chi connectivity index (χ2v) is 4.80. The normalized spacial score (nSPS) is 20.2. The van der Waals surface area contributed by atoms with Crippen LogP contribution < -0.4 is 10.6 Å². The second-order valence-electron chi connectivity index (χ2n) is 4.80. The Labute approximate surface area is 108 Å². The molecule has 1 saturated heterocycles. The maximum atomic E-state index is 13.6. The van der Waals surface area contributed by atoms with Crippen molar-refractivity contribution in [1.82, 2.24) is 0 Å². The lowest BCUT2D eigenvalue weighted by Gasteiger charge is -2.33. The van der Waals surface area contributed by atoms with Gasteiger partial charge in [0.1, 0.15) is 5.82 Å². The van der Waals surface area contributed by atoms with Gasteiger partial charge in [-0.05, 0) is 49.6 Å². The predicted octanol–water partition coefficient (Wildman–Crippen LogP) is 1.94. The van der Waals surface area contributed by atoms with Crippen LogP contribution >= 0.6 is 0 Å². The highest BCUT2D eigenvalue weighted by Crippen LogP contribution is 2.23. The van der Waals surface area contributed by atoms with Crippen molar-refractivity contribution in [3.05, 3.63) is 29.6 Å². The van der Waals surface area contributed by atoms with Gasteiger partial charge < -0.3 is 15.4 Å². The van der Waals surface area contributed by atoms with E-state index in [9.17, 15) is 4.39 Å². The molecule has 4 heteroatoms. The molecule has 0 amide bonds. The van der Waals surface area contributed by atoms with Crippen LogP contribution in [0.1, 0.15) is 18.4 Å². The van der Waals surface area contributed by atoms with Crippen LogP contribution in [0.5, 0.6) is 0 Å². The third kappa shape index (κ3) is 3.21. The quantitative estimate of drug-likeness (QED) is 0.890. The minimum absolute atomic E-state index is 0.185. The number of halogens is 1. The molecule has 0 saturated carbocycles. The van der Waals surface area contributed by atoms with Crippen molar-refractivity contribution in [2.45, 2.75) is 25.4 Å². The van der Waals surface area contributed by atoms with Crippen molar-refractivity contribution in [3.8, 4) is 0 Å². The van der Waals surface area contributed by atoms with Gasteiger partial charge in [0, 0.05) is 25.9 Å². The van der Waals surface area contributed by atoms with Crippen LogP contribution in [0.3, 0.4) is 0 Å². The van der Waals surface area contributed by atoms with Gasteiger partial charge in [-0.2, -0.15) is 0 Å². The lowest BCUT2D eigenvalue weighted by Crippen LogP contribution is -2.39. The Morgan fingerprint density at radius 3 is 3.00 bits per heavy atom. The van der Waals surface area contributed by atoms with Gasteiger partial charge in [0.15, 0.2) is 0 Å². The molecule has 2 rings (SSSR count). The number of rotatable bonds is 4. The highest BCUT2D eigenvalue weighted by Gasteiger charge is 2.20. The van der Waals surface area contributed by atoms with E-state index in [1.807, 2.05) is 6.07 Å². The lowest BCUT2D eigenvalue weighted by molar-refractivity contribution is 0.0893. The highest BCUT2D eigenvalue weighted by molar-refractivity contribution is 5.49. The van der Waals surface area contributed by atoms with E-state index < -0.39 is 0 Å². The number of nitrogens with zero attached hydrogens (tertiary/aromatic N) is 1. The van der Waals surface area contributed by atoms with Crippen LogP contribution in [-0.2, 0) is 11.2 Å². The molecule has 1 aliphatic heterocycles. The van der Waals surface area contributed by atoms with E-state index in [-0.39, 0.29) is 11.9 Å². The zero-order valence-electron chi connectivity index (χ0n) is 10.9. The summed E-state index contributed by atoms with van der Waals surface area (Å²) in [5, 5.41) is 0. The Morgan fingerprint density at radius 2 is 2.28 bits per heavy atom. The summed E-state index contributed by atoms with van der Waals surface area (Å²) in [5.74, 6) is -0.185. The van der Waals surface area contributed by atoms with Gasteiger partial charge >= 0.3 is 0 Å². The maximum Gasteiger partial charge on any atom is 0.125 e. The largest absolute Gasteiger partial charge is 0.380 e. The van der Waals surface area contributed by atoms with E-state index in [2.05, 4.69) is 4.90 Å². The molecule has 1 aliphatic rings. The lowest BCUT2D eigenvalue weighted by atomic mass is 10.1. The first-order valence-corrected chi connectivity index (χ1v) is 6.50. The first kappa shape index (κ1) is 13.3. The van der Waals surface area contributed by atoms with E-state index in [0.29, 0.717) is 13.0 Å². The van der Waals surface area contributed by atoms with Gasteiger partial charge in [0.2, 0.25) is 0 Å². The van der Waals surface area contributed by atoms with E-state index in [4.69, 9.17) is 10.5 Å². The van der Waals surface area contributed by atoms with Gasteiger partial charge in [0.05, 0.1) is 6.10 Å². The molecule has 0 bridgehead atoms. The number of hydrogen-bond acceptors (Lipinski definition) is 3. The van der Waals surface area contributed by atoms with Crippen LogP contribution in [0.15, 0.2) is 18.2 Å². The Balaban J connectivity index is 2.16. The highest BCUT2D eigenvalue weighted by atomic mass is 19.1. The second kappa shape index (κ2) is 6.16. The molecule has 1 unspecified atom stereocenters. The Morgan fingerprint density at radius 1 is 1.44 bits per heavy atom. The number of hydrogen-bond donors (Lipinski definition) is 1. The maximum absolute atomic E-state index is 13.6. The zero-order chi connectivity index (χ0) is 13.0. The molecule has 1 aromatic carbocycles. The summed E-state index contributed by atoms with van der Waals surface area (Å²) in [6.07, 6.45) is 3.13. The first-order chi connectivity index (χ1) is 8.72. The van der Waals surface area contributed by atoms with Crippen molar-refractivity contribution in [3.63, 3.8) is 0 Å². The molecule has 0 aromatic heterocycles. The first-order valence-electron chi connectivity index (χ1n) is 6.50. The minimum Gasteiger partial charge on any atom is -0.380 e. The fourth-order valence-corrected chi connectivity index (χ4v) is 2.49. The average Bonchev–Trinajstić information content (AvgIpc) is 2.38. The molecule has 0 spiro atoms. The minimum atomic E-state index is -0.185. The third-order valence-corrected chi connectivity index (χ3v) is 3.45. The van der Waals surface area contributed by atoms with E-state index in [0.717, 1.165) is 37.2 Å². The summed E-state index contributed by atoms with van der Waals surface area (Å²) < 4.78 is 19.0. The predicted molar refractivity (Wildman–Crippen MR) is 71.4 cm³/mol. The molecule has 0 radical (unpaired) electrons. The number of methoxy groups -OCH3 is 1. The summed E-state index contributed by atoms with van der Waals surface area (Å²) in [4.78, 5) is 2.20. The molecule has 1 fully saturated rings. The van der Waals surface area contributed by atoms with Gasteiger partial charge in [-0.25, -0.2) is 4.39 Å². The molecule has 1 atom stereocenters. The summed E-state index contributed by atoms with van der Waals surface area (Å²) >= 11 is 0. The Bertz CT molecular complexity index is 397. The fourth-order valence-electron chi connectivity index (χ4n) is 2.49. The molecule has 1 aromatic rings. The molecular formula is C14H21FN2O. The Hall–Kier alpha value is -1.13. The number of ether oxygens (including phenoxy) is 1. The SMILES string of the molecule is COC1CCCN(c2cc(F)cc(CCN)c2)C1. The smallest absolute Gasteiger partial charge is 0.125 e. The van der Waals surface area contributed by atoms with Crippen molar-refractivity contribution < 1.29 is 9.13 Å². The molecular weight excluding hydrogens is 231 g/mol. The van der Waals surface area contributed by atoms with E-state index in [1.165, 1.54) is 0 Å². The van der Waals surface area contributed by atoms with Gasteiger partial charge in [-0.1, -0.05) is 0 Å². The summed E-state index contributed by atoms with van der Waals surface area (Å²) in [6, 6.07) is 5.19. The van der Waals surface area contributed by atoms with E-state index >= 15 is 0 Å². The molecule has 18 heavy (non-hydrogen) atoms. The Kier molecular flexibility index (Phi) is 4.55. The third-order valence-electron chi connectivity index (χ3n) is 3.45. The van der Waals surface area contributed by atoms with Gasteiger partial charge in [0.25, 0.3) is 0 Å². The fraction of sp³-hybridized carbons (Fsp3) is 0.571. The van der Waals surface area contributed by atoms with Crippen LogP contribution in [0, 0.1) is 5.82 Å². The van der Waals surface area contributed by atoms with Crippen LogP contribution in [0.25, 0.3) is 0 Å². The van der Waals surface area contributed by atoms with Crippen molar-refractivity contribution in [2.24, 2.45) is 5.73 Å². The molecule has 3 nitrogen and oxygen atoms in total. The standard InChI is InChI=1S/C14H21FN2O/c1-18-14-3-2-6-17(10-14)13-8-11(4-5-16)7-12(15)9-13/h7-9,14H,2-6,10,16H2,1H3. The molecule has 2 N–H and O–H groups in total. The monoisotopic (exact) mass is 252 g/mol. The van der Waals surface area contributed by atoms with Crippen molar-refractivity contribution in [2.75, 3.05) is 31.6 Å². The summed E-state index contributed by atoms with van der Waals surface area (Å²) in [7, 11) is 1.74. The number of benzene rings is 1. The number of nitrogens with two attached hydrogens (primary N) is 1. The van der Waals surface area contributed by atoms with Gasteiger partial charge in [-0.15, -0.1) is 0 Å². The topological polar surface area (TPSA) is 38.5 Å². The number of anilines is 1.